The van der Waals surface area contributed by atoms with E-state index in [2.05, 4.69) is 49.2 Å². The number of Topliss-reactive ketones (excluding diaryl/α,β-unsaturated/α-hetero) is 1. The van der Waals surface area contributed by atoms with E-state index in [-0.39, 0.29) is 38.9 Å². The first-order valence-electron chi connectivity index (χ1n) is 12.3. The maximum atomic E-state index is 13.4. The minimum atomic E-state index is -4.26. The lowest BCUT2D eigenvalue weighted by Gasteiger charge is -2.38. The number of nitrogens with one attached hydrogen (secondary N) is 1. The Hall–Kier alpha value is -3.01. The number of rotatable bonds is 5. The molecule has 10 heteroatoms. The molecule has 194 valence electrons. The van der Waals surface area contributed by atoms with Crippen LogP contribution in [0.5, 0.6) is 0 Å². The number of pyridine rings is 2. The van der Waals surface area contributed by atoms with E-state index >= 15 is 0 Å². The number of carbonyl (C=O) groups excluding carboxylic acids is 2. The third-order valence-corrected chi connectivity index (χ3v) is 9.33. The molecule has 36 heavy (non-hydrogen) atoms. The smallest absolute Gasteiger partial charge is 0.268 e. The first-order chi connectivity index (χ1) is 16.7. The SMILES string of the molecule is CC1CCN(c2nc(C3CC(C)(C)CCC3=O)ccc2C(=O)NS(=O)(=O)c2cccnc2N)C1(C)C. The predicted octanol–water partition coefficient (Wildman–Crippen LogP) is 3.67. The molecule has 9 nitrogen and oxygen atoms in total. The molecule has 4 rings (SSSR count). The van der Waals surface area contributed by atoms with Crippen LogP contribution < -0.4 is 15.4 Å². The van der Waals surface area contributed by atoms with Gasteiger partial charge in [0.1, 0.15) is 22.3 Å². The Morgan fingerprint density at radius 1 is 1.19 bits per heavy atom. The second kappa shape index (κ2) is 9.14. The van der Waals surface area contributed by atoms with Crippen molar-refractivity contribution in [2.45, 2.75) is 76.7 Å². The standard InChI is InChI=1S/C26H35N5O4S/c1-16-11-14-31(26(16,4)5)23-17(24(33)30-36(34,35)21-7-6-13-28-22(21)27)8-9-19(29-23)18-15-25(2,3)12-10-20(18)32/h6-9,13,16,18H,10-12,14-15H2,1-5H3,(H2,27,28)(H,30,33). The number of anilines is 2. The van der Waals surface area contributed by atoms with E-state index in [1.807, 2.05) is 0 Å². The molecule has 3 N–H and O–H groups in total. The van der Waals surface area contributed by atoms with E-state index in [9.17, 15) is 18.0 Å². The van der Waals surface area contributed by atoms with Gasteiger partial charge in [-0.25, -0.2) is 23.1 Å². The second-order valence-electron chi connectivity index (χ2n) is 11.3. The molecular formula is C26H35N5O4S. The lowest BCUT2D eigenvalue weighted by Crippen LogP contribution is -2.44. The molecule has 0 radical (unpaired) electrons. The third-order valence-electron chi connectivity index (χ3n) is 7.95. The molecule has 0 bridgehead atoms. The lowest BCUT2D eigenvalue weighted by molar-refractivity contribution is -0.124. The van der Waals surface area contributed by atoms with Crippen molar-refractivity contribution in [3.05, 3.63) is 41.7 Å². The summed E-state index contributed by atoms with van der Waals surface area (Å²) in [5.41, 5.74) is 6.19. The highest BCUT2D eigenvalue weighted by atomic mass is 32.2. The largest absolute Gasteiger partial charge is 0.383 e. The van der Waals surface area contributed by atoms with Crippen LogP contribution >= 0.6 is 0 Å². The van der Waals surface area contributed by atoms with Gasteiger partial charge in [0.25, 0.3) is 15.9 Å². The second-order valence-corrected chi connectivity index (χ2v) is 13.0. The number of amides is 1. The van der Waals surface area contributed by atoms with Crippen molar-refractivity contribution in [3.63, 3.8) is 0 Å². The Bertz CT molecular complexity index is 1310. The lowest BCUT2D eigenvalue weighted by atomic mass is 9.70. The Morgan fingerprint density at radius 3 is 2.56 bits per heavy atom. The summed E-state index contributed by atoms with van der Waals surface area (Å²) >= 11 is 0. The Kier molecular flexibility index (Phi) is 6.61. The molecule has 1 aliphatic carbocycles. The number of aromatic nitrogens is 2. The zero-order valence-corrected chi connectivity index (χ0v) is 22.4. The van der Waals surface area contributed by atoms with Gasteiger partial charge in [-0.15, -0.1) is 0 Å². The van der Waals surface area contributed by atoms with E-state index in [1.165, 1.54) is 18.3 Å². The van der Waals surface area contributed by atoms with Crippen LogP contribution in [-0.4, -0.2) is 42.2 Å². The fourth-order valence-corrected chi connectivity index (χ4v) is 6.23. The van der Waals surface area contributed by atoms with Crippen molar-refractivity contribution in [3.8, 4) is 0 Å². The molecule has 2 aliphatic rings. The van der Waals surface area contributed by atoms with Crippen LogP contribution in [0, 0.1) is 11.3 Å². The molecule has 2 aromatic rings. The summed E-state index contributed by atoms with van der Waals surface area (Å²) in [5, 5.41) is 0. The molecule has 0 aromatic carbocycles. The molecule has 1 saturated carbocycles. The molecular weight excluding hydrogens is 478 g/mol. The van der Waals surface area contributed by atoms with Gasteiger partial charge in [0, 0.05) is 24.7 Å². The fraction of sp³-hybridized carbons (Fsp3) is 0.538. The summed E-state index contributed by atoms with van der Waals surface area (Å²) in [4.78, 5) is 36.7. The zero-order chi connectivity index (χ0) is 26.5. The van der Waals surface area contributed by atoms with E-state index in [0.717, 1.165) is 12.8 Å². The van der Waals surface area contributed by atoms with Crippen molar-refractivity contribution in [2.24, 2.45) is 11.3 Å². The van der Waals surface area contributed by atoms with Crippen LogP contribution in [0.2, 0.25) is 0 Å². The highest BCUT2D eigenvalue weighted by molar-refractivity contribution is 7.90. The summed E-state index contributed by atoms with van der Waals surface area (Å²) in [7, 11) is -4.26. The minimum Gasteiger partial charge on any atom is -0.383 e. The average Bonchev–Trinajstić information content (AvgIpc) is 3.07. The number of ketones is 1. The molecule has 1 saturated heterocycles. The number of nitrogens with zero attached hydrogens (tertiary/aromatic N) is 3. The molecule has 2 unspecified atom stereocenters. The van der Waals surface area contributed by atoms with Gasteiger partial charge in [0.15, 0.2) is 0 Å². The van der Waals surface area contributed by atoms with Crippen LogP contribution in [0.3, 0.4) is 0 Å². The predicted molar refractivity (Wildman–Crippen MR) is 138 cm³/mol. The fourth-order valence-electron chi connectivity index (χ4n) is 5.18. The first kappa shape index (κ1) is 26.1. The van der Waals surface area contributed by atoms with Crippen LogP contribution in [0.15, 0.2) is 35.4 Å². The van der Waals surface area contributed by atoms with Crippen molar-refractivity contribution >= 4 is 33.3 Å². The zero-order valence-electron chi connectivity index (χ0n) is 21.5. The molecule has 1 amide bonds. The molecule has 3 heterocycles. The monoisotopic (exact) mass is 513 g/mol. The van der Waals surface area contributed by atoms with Gasteiger partial charge in [0.05, 0.1) is 17.2 Å². The summed E-state index contributed by atoms with van der Waals surface area (Å²) in [6, 6.07) is 6.00. The van der Waals surface area contributed by atoms with Crippen LogP contribution in [-0.2, 0) is 14.8 Å². The van der Waals surface area contributed by atoms with Gasteiger partial charge in [-0.05, 0) is 68.7 Å². The van der Waals surface area contributed by atoms with Crippen molar-refractivity contribution in [1.82, 2.24) is 14.7 Å². The summed E-state index contributed by atoms with van der Waals surface area (Å²) < 4.78 is 28.0. The summed E-state index contributed by atoms with van der Waals surface area (Å²) in [5.74, 6) is -0.490. The third kappa shape index (κ3) is 4.83. The number of hydrogen-bond donors (Lipinski definition) is 2. The molecule has 0 spiro atoms. The van der Waals surface area contributed by atoms with Gasteiger partial charge in [-0.1, -0.05) is 20.8 Å². The Labute approximate surface area is 212 Å². The average molecular weight is 514 g/mol. The van der Waals surface area contributed by atoms with Gasteiger partial charge < -0.3 is 10.6 Å². The number of hydrogen-bond acceptors (Lipinski definition) is 8. The number of carbonyl (C=O) groups is 2. The van der Waals surface area contributed by atoms with Gasteiger partial charge in [0.2, 0.25) is 0 Å². The van der Waals surface area contributed by atoms with Crippen molar-refractivity contribution in [1.29, 1.82) is 0 Å². The van der Waals surface area contributed by atoms with Crippen LogP contribution in [0.4, 0.5) is 11.6 Å². The van der Waals surface area contributed by atoms with E-state index in [4.69, 9.17) is 10.7 Å². The maximum Gasteiger partial charge on any atom is 0.268 e. The summed E-state index contributed by atoms with van der Waals surface area (Å²) in [6.45, 7) is 11.3. The van der Waals surface area contributed by atoms with E-state index in [0.29, 0.717) is 36.8 Å². The van der Waals surface area contributed by atoms with Crippen molar-refractivity contribution in [2.75, 3.05) is 17.2 Å². The molecule has 2 aromatic heterocycles. The molecule has 1 aliphatic heterocycles. The first-order valence-corrected chi connectivity index (χ1v) is 13.8. The Balaban J connectivity index is 1.76. The summed E-state index contributed by atoms with van der Waals surface area (Å²) in [6.07, 6.45) is 4.29. The quantitative estimate of drug-likeness (QED) is 0.618. The molecule has 2 atom stereocenters. The topological polar surface area (TPSA) is 135 Å². The normalized spacial score (nSPS) is 23.5. The number of nitrogens with two attached hydrogens (primary N) is 1. The van der Waals surface area contributed by atoms with Crippen LogP contribution in [0.25, 0.3) is 0 Å². The molecule has 2 fully saturated rings. The van der Waals surface area contributed by atoms with Gasteiger partial charge in [-0.2, -0.15) is 0 Å². The minimum absolute atomic E-state index is 0.00955. The number of nitrogen functional groups attached to an aromatic ring is 1. The van der Waals surface area contributed by atoms with Gasteiger partial charge >= 0.3 is 0 Å². The van der Waals surface area contributed by atoms with E-state index < -0.39 is 15.9 Å². The number of sulfonamides is 1. The van der Waals surface area contributed by atoms with E-state index in [1.54, 1.807) is 12.1 Å². The van der Waals surface area contributed by atoms with Crippen molar-refractivity contribution < 1.29 is 18.0 Å². The maximum absolute atomic E-state index is 13.4. The Morgan fingerprint density at radius 2 is 1.92 bits per heavy atom. The highest BCUT2D eigenvalue weighted by Gasteiger charge is 2.42. The van der Waals surface area contributed by atoms with Crippen LogP contribution in [0.1, 0.15) is 82.3 Å². The highest BCUT2D eigenvalue weighted by Crippen LogP contribution is 2.43. The van der Waals surface area contributed by atoms with Gasteiger partial charge in [-0.3, -0.25) is 9.59 Å².